The van der Waals surface area contributed by atoms with E-state index in [1.807, 2.05) is 38.2 Å². The van der Waals surface area contributed by atoms with Gasteiger partial charge in [0.05, 0.1) is 17.9 Å². The number of anilines is 1. The number of hydrogen-bond acceptors (Lipinski definition) is 5. The Labute approximate surface area is 184 Å². The van der Waals surface area contributed by atoms with E-state index in [0.717, 1.165) is 27.7 Å². The number of carbonyl (C=O) groups is 2. The van der Waals surface area contributed by atoms with Crippen molar-refractivity contribution in [2.24, 2.45) is 0 Å². The molecule has 3 N–H and O–H groups in total. The van der Waals surface area contributed by atoms with Crippen LogP contribution in [0.4, 0.5) is 5.69 Å². The smallest absolute Gasteiger partial charge is 0.329 e. The lowest BCUT2D eigenvalue weighted by Gasteiger charge is -2.13. The van der Waals surface area contributed by atoms with Crippen LogP contribution in [0, 0.1) is 6.92 Å². The molecule has 31 heavy (non-hydrogen) atoms. The molecule has 1 saturated carbocycles. The second-order valence-corrected chi connectivity index (χ2v) is 8.21. The molecule has 9 heteroatoms. The number of aliphatic carboxylic acids is 1. The Hall–Kier alpha value is -3.39. The molecule has 2 aromatic carbocycles. The fraction of sp³-hybridized carbons (Fsp3) is 0.273. The molecule has 1 fully saturated rings. The Morgan fingerprint density at radius 2 is 1.90 bits per heavy atom. The fourth-order valence-electron chi connectivity index (χ4n) is 3.23. The van der Waals surface area contributed by atoms with Crippen molar-refractivity contribution in [1.29, 1.82) is 0 Å². The van der Waals surface area contributed by atoms with Gasteiger partial charge < -0.3 is 15.7 Å². The standard InChI is InChI=1S/C22H22ClN5O3/c1-13-11-16(5-8-18(13)23)24-14(2)19-12-28(27-26-19)17-6-3-15(4-7-17)20(29)25-22(9-10-22)21(30)31/h3-8,11-12,14,24H,9-10H2,1-2H3,(H,25,29)(H,30,31). The minimum absolute atomic E-state index is 0.0786. The van der Waals surface area contributed by atoms with Crippen molar-refractivity contribution < 1.29 is 14.7 Å². The van der Waals surface area contributed by atoms with Crippen molar-refractivity contribution in [3.8, 4) is 5.69 Å². The zero-order chi connectivity index (χ0) is 22.2. The van der Waals surface area contributed by atoms with E-state index in [1.54, 1.807) is 28.9 Å². The molecule has 1 aliphatic rings. The quantitative estimate of drug-likeness (QED) is 0.517. The number of benzene rings is 2. The van der Waals surface area contributed by atoms with Gasteiger partial charge in [-0.3, -0.25) is 4.79 Å². The van der Waals surface area contributed by atoms with Crippen molar-refractivity contribution in [2.45, 2.75) is 38.3 Å². The maximum atomic E-state index is 12.3. The van der Waals surface area contributed by atoms with Gasteiger partial charge in [0, 0.05) is 16.3 Å². The van der Waals surface area contributed by atoms with E-state index >= 15 is 0 Å². The van der Waals surface area contributed by atoms with Crippen LogP contribution < -0.4 is 10.6 Å². The third-order valence-electron chi connectivity index (χ3n) is 5.40. The molecule has 1 aliphatic carbocycles. The predicted molar refractivity (Wildman–Crippen MR) is 117 cm³/mol. The third-order valence-corrected chi connectivity index (χ3v) is 5.83. The Kier molecular flexibility index (Phi) is 5.41. The molecule has 1 heterocycles. The van der Waals surface area contributed by atoms with Crippen LogP contribution in [0.2, 0.25) is 5.02 Å². The number of carboxylic acids is 1. The molecule has 0 saturated heterocycles. The van der Waals surface area contributed by atoms with E-state index in [2.05, 4.69) is 20.9 Å². The zero-order valence-electron chi connectivity index (χ0n) is 17.1. The minimum atomic E-state index is -1.11. The first-order valence-electron chi connectivity index (χ1n) is 9.89. The summed E-state index contributed by atoms with van der Waals surface area (Å²) in [5.41, 5.74) is 2.71. The van der Waals surface area contributed by atoms with Crippen LogP contribution in [-0.2, 0) is 4.79 Å². The summed E-state index contributed by atoms with van der Waals surface area (Å²) >= 11 is 6.08. The number of nitrogens with zero attached hydrogens (tertiary/aromatic N) is 3. The lowest BCUT2D eigenvalue weighted by Crippen LogP contribution is -2.43. The van der Waals surface area contributed by atoms with E-state index in [4.69, 9.17) is 11.6 Å². The number of carboxylic acid groups (broad SMARTS) is 1. The highest BCUT2D eigenvalue weighted by atomic mass is 35.5. The molecule has 160 valence electrons. The van der Waals surface area contributed by atoms with Gasteiger partial charge in [-0.05, 0) is 74.7 Å². The second kappa shape index (κ2) is 8.03. The first-order valence-corrected chi connectivity index (χ1v) is 10.3. The fourth-order valence-corrected chi connectivity index (χ4v) is 3.35. The van der Waals surface area contributed by atoms with Gasteiger partial charge in [-0.1, -0.05) is 16.8 Å². The molecule has 1 amide bonds. The third kappa shape index (κ3) is 4.39. The van der Waals surface area contributed by atoms with Crippen LogP contribution in [0.1, 0.15) is 47.4 Å². The van der Waals surface area contributed by atoms with Crippen LogP contribution in [0.5, 0.6) is 0 Å². The monoisotopic (exact) mass is 439 g/mol. The Bertz CT molecular complexity index is 1140. The van der Waals surface area contributed by atoms with Gasteiger partial charge in [-0.25, -0.2) is 9.48 Å². The summed E-state index contributed by atoms with van der Waals surface area (Å²) in [4.78, 5) is 23.6. The van der Waals surface area contributed by atoms with Gasteiger partial charge in [-0.2, -0.15) is 0 Å². The molecule has 1 aromatic heterocycles. The van der Waals surface area contributed by atoms with Gasteiger partial charge in [0.1, 0.15) is 11.2 Å². The summed E-state index contributed by atoms with van der Waals surface area (Å²) < 4.78 is 1.63. The molecular formula is C22H22ClN5O3. The Balaban J connectivity index is 1.43. The van der Waals surface area contributed by atoms with Gasteiger partial charge in [0.2, 0.25) is 0 Å². The SMILES string of the molecule is Cc1cc(NC(C)c2cn(-c3ccc(C(=O)NC4(C(=O)O)CC4)cc3)nn2)ccc1Cl. The lowest BCUT2D eigenvalue weighted by molar-refractivity contribution is -0.140. The van der Waals surface area contributed by atoms with E-state index in [1.165, 1.54) is 0 Å². The average molecular weight is 440 g/mol. The average Bonchev–Trinajstić information content (AvgIpc) is 3.36. The summed E-state index contributed by atoms with van der Waals surface area (Å²) in [6.45, 7) is 3.94. The normalized spacial score (nSPS) is 15.2. The van der Waals surface area contributed by atoms with E-state index < -0.39 is 17.4 Å². The predicted octanol–water partition coefficient (Wildman–Crippen LogP) is 3.75. The summed E-state index contributed by atoms with van der Waals surface area (Å²) in [6, 6.07) is 12.4. The van der Waals surface area contributed by atoms with Crippen LogP contribution in [0.3, 0.4) is 0 Å². The maximum absolute atomic E-state index is 12.3. The molecule has 3 aromatic rings. The van der Waals surface area contributed by atoms with Gasteiger partial charge in [0.25, 0.3) is 5.91 Å². The summed E-state index contributed by atoms with van der Waals surface area (Å²) in [5, 5.41) is 24.3. The van der Waals surface area contributed by atoms with Crippen molar-refractivity contribution in [2.75, 3.05) is 5.32 Å². The van der Waals surface area contributed by atoms with Gasteiger partial charge >= 0.3 is 5.97 Å². The van der Waals surface area contributed by atoms with Crippen molar-refractivity contribution in [1.82, 2.24) is 20.3 Å². The molecule has 1 unspecified atom stereocenters. The number of aryl methyl sites for hydroxylation is 1. The molecule has 0 radical (unpaired) electrons. The molecule has 0 spiro atoms. The zero-order valence-corrected chi connectivity index (χ0v) is 17.8. The van der Waals surface area contributed by atoms with Crippen LogP contribution in [0.25, 0.3) is 5.69 Å². The summed E-state index contributed by atoms with van der Waals surface area (Å²) in [6.07, 6.45) is 2.73. The largest absolute Gasteiger partial charge is 0.480 e. The van der Waals surface area contributed by atoms with Gasteiger partial charge in [0.15, 0.2) is 0 Å². The first-order chi connectivity index (χ1) is 14.8. The van der Waals surface area contributed by atoms with Gasteiger partial charge in [-0.15, -0.1) is 5.10 Å². The first kappa shape index (κ1) is 20.9. The molecule has 8 nitrogen and oxygen atoms in total. The van der Waals surface area contributed by atoms with Crippen molar-refractivity contribution >= 4 is 29.2 Å². The molecule has 0 bridgehead atoms. The minimum Gasteiger partial charge on any atom is -0.480 e. The Morgan fingerprint density at radius 1 is 1.19 bits per heavy atom. The summed E-state index contributed by atoms with van der Waals surface area (Å²) in [7, 11) is 0. The number of carbonyl (C=O) groups excluding carboxylic acids is 1. The Morgan fingerprint density at radius 3 is 2.52 bits per heavy atom. The number of nitrogens with one attached hydrogen (secondary N) is 2. The van der Waals surface area contributed by atoms with Crippen LogP contribution in [-0.4, -0.2) is 37.5 Å². The van der Waals surface area contributed by atoms with Crippen LogP contribution >= 0.6 is 11.6 Å². The molecule has 4 rings (SSSR count). The van der Waals surface area contributed by atoms with E-state index in [-0.39, 0.29) is 6.04 Å². The van der Waals surface area contributed by atoms with E-state index in [0.29, 0.717) is 18.4 Å². The number of amides is 1. The van der Waals surface area contributed by atoms with Crippen molar-refractivity contribution in [3.63, 3.8) is 0 Å². The summed E-state index contributed by atoms with van der Waals surface area (Å²) in [5.74, 6) is -1.40. The van der Waals surface area contributed by atoms with E-state index in [9.17, 15) is 14.7 Å². The highest BCUT2D eigenvalue weighted by molar-refractivity contribution is 6.31. The van der Waals surface area contributed by atoms with Crippen molar-refractivity contribution in [3.05, 3.63) is 70.5 Å². The number of aromatic nitrogens is 3. The number of hydrogen-bond donors (Lipinski definition) is 3. The molecule has 0 aliphatic heterocycles. The maximum Gasteiger partial charge on any atom is 0.329 e. The number of rotatable bonds is 7. The number of halogens is 1. The van der Waals surface area contributed by atoms with Crippen LogP contribution in [0.15, 0.2) is 48.7 Å². The topological polar surface area (TPSA) is 109 Å². The molecular weight excluding hydrogens is 418 g/mol. The lowest BCUT2D eigenvalue weighted by atomic mass is 10.1. The highest BCUT2D eigenvalue weighted by Gasteiger charge is 2.51. The second-order valence-electron chi connectivity index (χ2n) is 7.81. The molecule has 1 atom stereocenters. The highest BCUT2D eigenvalue weighted by Crippen LogP contribution is 2.35.